The summed E-state index contributed by atoms with van der Waals surface area (Å²) < 4.78 is 28.4. The Morgan fingerprint density at radius 1 is 1.38 bits per heavy atom. The molecule has 0 aliphatic heterocycles. The molecule has 0 atom stereocenters. The van der Waals surface area contributed by atoms with E-state index in [1.165, 1.54) is 6.20 Å². The van der Waals surface area contributed by atoms with Crippen LogP contribution in [0.25, 0.3) is 0 Å². The summed E-state index contributed by atoms with van der Waals surface area (Å²) in [7, 11) is 0.422. The van der Waals surface area contributed by atoms with Gasteiger partial charge in [-0.25, -0.2) is 13.1 Å². The Labute approximate surface area is 127 Å². The van der Waals surface area contributed by atoms with Gasteiger partial charge in [0.1, 0.15) is 4.90 Å². The highest BCUT2D eigenvalue weighted by Gasteiger charge is 2.15. The molecule has 7 nitrogen and oxygen atoms in total. The van der Waals surface area contributed by atoms with Gasteiger partial charge in [0.25, 0.3) is 0 Å². The number of sulfonamides is 1. The Morgan fingerprint density at radius 3 is 2.71 bits per heavy atom. The predicted octanol–water partition coefficient (Wildman–Crippen LogP) is 0.111. The van der Waals surface area contributed by atoms with Crippen molar-refractivity contribution in [2.75, 3.05) is 33.7 Å². The molecular weight excluding hydrogens is 290 g/mol. The first-order chi connectivity index (χ1) is 9.86. The van der Waals surface area contributed by atoms with E-state index in [4.69, 9.17) is 0 Å². The van der Waals surface area contributed by atoms with E-state index >= 15 is 0 Å². The SMILES string of the molecule is CNCCn1cc(S(=O)(=O)NCCCN(C)C(C)C)cn1. The third-order valence-corrected chi connectivity index (χ3v) is 4.79. The standard InChI is InChI=1S/C13H27N5O2S/c1-12(2)17(4)8-5-6-16-21(19,20)13-10-15-18(11-13)9-7-14-3/h10-12,14,16H,5-9H2,1-4H3. The van der Waals surface area contributed by atoms with Crippen LogP contribution < -0.4 is 10.0 Å². The number of aromatic nitrogens is 2. The van der Waals surface area contributed by atoms with Gasteiger partial charge in [-0.2, -0.15) is 5.10 Å². The number of nitrogens with zero attached hydrogens (tertiary/aromatic N) is 3. The van der Waals surface area contributed by atoms with Crippen molar-refractivity contribution in [2.24, 2.45) is 0 Å². The minimum absolute atomic E-state index is 0.218. The molecule has 0 saturated carbocycles. The van der Waals surface area contributed by atoms with Gasteiger partial charge in [-0.3, -0.25) is 4.68 Å². The first-order valence-corrected chi connectivity index (χ1v) is 8.72. The Bertz CT molecular complexity index is 512. The fourth-order valence-electron chi connectivity index (χ4n) is 1.71. The lowest BCUT2D eigenvalue weighted by Crippen LogP contribution is -2.31. The highest BCUT2D eigenvalue weighted by molar-refractivity contribution is 7.89. The predicted molar refractivity (Wildman–Crippen MR) is 83.7 cm³/mol. The first-order valence-electron chi connectivity index (χ1n) is 7.24. The van der Waals surface area contributed by atoms with Crippen LogP contribution in [0.4, 0.5) is 0 Å². The fourth-order valence-corrected chi connectivity index (χ4v) is 2.73. The van der Waals surface area contributed by atoms with Gasteiger partial charge in [0.2, 0.25) is 10.0 Å². The lowest BCUT2D eigenvalue weighted by molar-refractivity contribution is 0.271. The van der Waals surface area contributed by atoms with Crippen molar-refractivity contribution in [3.63, 3.8) is 0 Å². The molecule has 1 aromatic heterocycles. The Kier molecular flexibility index (Phi) is 7.30. The molecule has 0 aliphatic carbocycles. The average Bonchev–Trinajstić information content (AvgIpc) is 2.90. The van der Waals surface area contributed by atoms with Crippen LogP contribution in [0, 0.1) is 0 Å². The molecule has 0 unspecified atom stereocenters. The summed E-state index contributed by atoms with van der Waals surface area (Å²) in [5.74, 6) is 0. The van der Waals surface area contributed by atoms with E-state index in [1.807, 2.05) is 14.1 Å². The molecule has 0 bridgehead atoms. The Balaban J connectivity index is 2.44. The van der Waals surface area contributed by atoms with Crippen LogP contribution in [-0.4, -0.2) is 62.9 Å². The van der Waals surface area contributed by atoms with Gasteiger partial charge in [-0.1, -0.05) is 0 Å². The minimum Gasteiger partial charge on any atom is -0.318 e. The second-order valence-electron chi connectivity index (χ2n) is 5.37. The summed E-state index contributed by atoms with van der Waals surface area (Å²) in [4.78, 5) is 2.40. The maximum Gasteiger partial charge on any atom is 0.243 e. The number of hydrogen-bond donors (Lipinski definition) is 2. The molecule has 2 N–H and O–H groups in total. The number of likely N-dealkylation sites (N-methyl/N-ethyl adjacent to an activating group) is 1. The third-order valence-electron chi connectivity index (χ3n) is 3.37. The lowest BCUT2D eigenvalue weighted by atomic mass is 10.3. The van der Waals surface area contributed by atoms with Crippen molar-refractivity contribution in [3.8, 4) is 0 Å². The zero-order valence-electron chi connectivity index (χ0n) is 13.3. The molecule has 0 fully saturated rings. The van der Waals surface area contributed by atoms with Crippen molar-refractivity contribution in [1.29, 1.82) is 0 Å². The van der Waals surface area contributed by atoms with Crippen molar-refractivity contribution in [3.05, 3.63) is 12.4 Å². The molecule has 0 saturated heterocycles. The minimum atomic E-state index is -3.45. The van der Waals surface area contributed by atoms with Crippen LogP contribution in [0.2, 0.25) is 0 Å². The Hall–Kier alpha value is -0.960. The Morgan fingerprint density at radius 2 is 2.10 bits per heavy atom. The van der Waals surface area contributed by atoms with E-state index in [9.17, 15) is 8.42 Å². The molecule has 0 aromatic carbocycles. The summed E-state index contributed by atoms with van der Waals surface area (Å²) in [5.41, 5.74) is 0. The van der Waals surface area contributed by atoms with E-state index < -0.39 is 10.0 Å². The summed E-state index contributed by atoms with van der Waals surface area (Å²) in [6.07, 6.45) is 3.72. The number of nitrogens with one attached hydrogen (secondary N) is 2. The van der Waals surface area contributed by atoms with Gasteiger partial charge >= 0.3 is 0 Å². The van der Waals surface area contributed by atoms with Gasteiger partial charge in [0.15, 0.2) is 0 Å². The summed E-state index contributed by atoms with van der Waals surface area (Å²) >= 11 is 0. The third kappa shape index (κ3) is 6.13. The highest BCUT2D eigenvalue weighted by Crippen LogP contribution is 2.06. The van der Waals surface area contributed by atoms with Crippen LogP contribution in [0.3, 0.4) is 0 Å². The highest BCUT2D eigenvalue weighted by atomic mass is 32.2. The summed E-state index contributed by atoms with van der Waals surface area (Å²) in [6.45, 7) is 6.91. The van der Waals surface area contributed by atoms with Gasteiger partial charge < -0.3 is 10.2 Å². The monoisotopic (exact) mass is 317 g/mol. The molecule has 0 aliphatic rings. The molecule has 0 amide bonds. The molecule has 0 spiro atoms. The molecule has 8 heteroatoms. The second-order valence-corrected chi connectivity index (χ2v) is 7.14. The van der Waals surface area contributed by atoms with Crippen molar-refractivity contribution >= 4 is 10.0 Å². The lowest BCUT2D eigenvalue weighted by Gasteiger charge is -2.20. The first kappa shape index (κ1) is 18.1. The van der Waals surface area contributed by atoms with Crippen LogP contribution in [0.1, 0.15) is 20.3 Å². The van der Waals surface area contributed by atoms with Crippen LogP contribution in [0.5, 0.6) is 0 Å². The summed E-state index contributed by atoms with van der Waals surface area (Å²) in [6, 6.07) is 0.465. The van der Waals surface area contributed by atoms with E-state index in [2.05, 4.69) is 33.9 Å². The van der Waals surface area contributed by atoms with Gasteiger partial charge in [-0.15, -0.1) is 0 Å². The van der Waals surface area contributed by atoms with Gasteiger partial charge in [-0.05, 0) is 40.9 Å². The quantitative estimate of drug-likeness (QED) is 0.599. The van der Waals surface area contributed by atoms with E-state index in [1.54, 1.807) is 10.9 Å². The maximum atomic E-state index is 12.1. The van der Waals surface area contributed by atoms with Crippen molar-refractivity contribution < 1.29 is 8.42 Å². The fraction of sp³-hybridized carbons (Fsp3) is 0.769. The number of rotatable bonds is 10. The molecule has 21 heavy (non-hydrogen) atoms. The van der Waals surface area contributed by atoms with Gasteiger partial charge in [0.05, 0.1) is 12.7 Å². The summed E-state index contributed by atoms with van der Waals surface area (Å²) in [5, 5.41) is 7.04. The topological polar surface area (TPSA) is 79.3 Å². The van der Waals surface area contributed by atoms with Crippen LogP contribution in [-0.2, 0) is 16.6 Å². The van der Waals surface area contributed by atoms with Crippen molar-refractivity contribution in [1.82, 2.24) is 24.7 Å². The average molecular weight is 317 g/mol. The molecule has 0 radical (unpaired) electrons. The molecule has 1 heterocycles. The van der Waals surface area contributed by atoms with E-state index in [0.717, 1.165) is 19.5 Å². The molecule has 1 aromatic rings. The van der Waals surface area contributed by atoms with Crippen molar-refractivity contribution in [2.45, 2.75) is 37.8 Å². The van der Waals surface area contributed by atoms with Crippen LogP contribution >= 0.6 is 0 Å². The molecule has 1 rings (SSSR count). The zero-order chi connectivity index (χ0) is 15.9. The smallest absolute Gasteiger partial charge is 0.243 e. The van der Waals surface area contributed by atoms with E-state index in [0.29, 0.717) is 19.1 Å². The normalized spacial score (nSPS) is 12.5. The maximum absolute atomic E-state index is 12.1. The largest absolute Gasteiger partial charge is 0.318 e. The number of hydrogen-bond acceptors (Lipinski definition) is 5. The van der Waals surface area contributed by atoms with Gasteiger partial charge in [0, 0.05) is 25.3 Å². The van der Waals surface area contributed by atoms with Crippen LogP contribution in [0.15, 0.2) is 17.3 Å². The second kappa shape index (κ2) is 8.47. The van der Waals surface area contributed by atoms with E-state index in [-0.39, 0.29) is 4.90 Å². The molecular formula is C13H27N5O2S. The zero-order valence-corrected chi connectivity index (χ0v) is 14.2. The molecule has 122 valence electrons.